The summed E-state index contributed by atoms with van der Waals surface area (Å²) in [5.41, 5.74) is 1.83. The molecule has 328 valence electrons. The number of amides is 4. The lowest BCUT2D eigenvalue weighted by Crippen LogP contribution is -2.58. The van der Waals surface area contributed by atoms with Crippen LogP contribution in [-0.2, 0) is 29.1 Å². The number of rotatable bonds is 9. The van der Waals surface area contributed by atoms with Crippen LogP contribution >= 0.6 is 0 Å². The minimum Gasteiger partial charge on any atom is -0.470 e. The first kappa shape index (κ1) is 41.8. The number of carbonyl (C=O) groups is 4. The molecular weight excluding hydrogens is 813 g/mol. The third-order valence-electron chi connectivity index (χ3n) is 13.0. The molecule has 62 heavy (non-hydrogen) atoms. The van der Waals surface area contributed by atoms with E-state index in [2.05, 4.69) is 29.2 Å². The quantitative estimate of drug-likeness (QED) is 0.154. The van der Waals surface area contributed by atoms with Crippen LogP contribution in [0.15, 0.2) is 65.1 Å². The number of alkyl carbamates (subject to hydrolysis) is 1. The standard InChI is InChI=1S/C46H54N6O9S/c1-27(2)28-18-20-29(21-19-28)40-48-38-34-15-10-11-17-37(34)61-39(38)42(49-40)59-32-24-36-41(53)50-46(44(55)51-62(57,58)33-22-23-33)25-30(46)12-6-4-3-5-7-16-35(43(54)52(36)26-32)47-45(56)60-31-13-8-9-14-31/h6,10-12,15,17-21,27,30-33,35-36H,3-5,7-9,13-14,16,22-26H2,1-2H3,(H,47,56)(H,50,53)(H,51,55)/b12-6-/t30-,32+,35-,36-,46+/m0/s1. The Morgan fingerprint density at radius 3 is 2.45 bits per heavy atom. The molecule has 2 aromatic carbocycles. The highest BCUT2D eigenvalue weighted by Crippen LogP contribution is 2.46. The highest BCUT2D eigenvalue weighted by atomic mass is 32.2. The molecule has 0 unspecified atom stereocenters. The Balaban J connectivity index is 1.05. The van der Waals surface area contributed by atoms with Crippen molar-refractivity contribution in [1.29, 1.82) is 0 Å². The SMILES string of the molecule is CC(C)c1ccc(-c2nc(O[C@@H]3C[C@H]4C(=O)N[C@]5(C(=O)NS(=O)(=O)C6CC6)C[C@@H]5/C=C\CCCCC[C@H](NC(=O)OC5CCCC5)C(=O)N4C3)c3oc4ccccc4c3n2)cc1. The van der Waals surface area contributed by atoms with E-state index in [1.807, 2.05) is 60.7 Å². The van der Waals surface area contributed by atoms with Crippen LogP contribution in [0, 0.1) is 5.92 Å². The number of carbonyl (C=O) groups excluding carboxylic acids is 4. The Labute approximate surface area is 360 Å². The zero-order chi connectivity index (χ0) is 43.2. The predicted octanol–water partition coefficient (Wildman–Crippen LogP) is 6.56. The van der Waals surface area contributed by atoms with Crippen LogP contribution in [0.2, 0.25) is 0 Å². The number of ether oxygens (including phenoxy) is 2. The highest BCUT2D eigenvalue weighted by Gasteiger charge is 2.62. The Bertz CT molecular complexity index is 2510. The van der Waals surface area contributed by atoms with E-state index in [1.165, 1.54) is 4.90 Å². The second-order valence-corrected chi connectivity index (χ2v) is 19.9. The van der Waals surface area contributed by atoms with Crippen molar-refractivity contribution < 1.29 is 41.5 Å². The number of fused-ring (bicyclic) bond motifs is 5. The maximum Gasteiger partial charge on any atom is 0.408 e. The van der Waals surface area contributed by atoms with Crippen LogP contribution < -0.4 is 20.1 Å². The average Bonchev–Trinajstić information content (AvgIpc) is 4.06. The molecule has 2 aromatic heterocycles. The summed E-state index contributed by atoms with van der Waals surface area (Å²) >= 11 is 0. The van der Waals surface area contributed by atoms with Crippen molar-refractivity contribution in [2.45, 2.75) is 138 Å². The first-order valence-electron chi connectivity index (χ1n) is 22.2. The van der Waals surface area contributed by atoms with Gasteiger partial charge in [0.2, 0.25) is 27.4 Å². The molecule has 5 atom stereocenters. The van der Waals surface area contributed by atoms with E-state index in [0.717, 1.165) is 55.0 Å². The van der Waals surface area contributed by atoms with Gasteiger partial charge in [-0.3, -0.25) is 19.1 Å². The largest absolute Gasteiger partial charge is 0.470 e. The molecule has 0 radical (unpaired) electrons. The van der Waals surface area contributed by atoms with Crippen molar-refractivity contribution in [1.82, 2.24) is 30.2 Å². The Hall–Kier alpha value is -5.51. The molecule has 3 N–H and O–H groups in total. The monoisotopic (exact) mass is 866 g/mol. The van der Waals surface area contributed by atoms with Crippen LogP contribution in [0.1, 0.15) is 109 Å². The normalized spacial score (nSPS) is 26.6. The van der Waals surface area contributed by atoms with E-state index >= 15 is 0 Å². The number of aromatic nitrogens is 2. The molecule has 4 heterocycles. The number of furan rings is 1. The molecule has 4 amide bonds. The molecule has 9 rings (SSSR count). The molecule has 4 fully saturated rings. The molecule has 2 aliphatic heterocycles. The molecule has 3 saturated carbocycles. The third-order valence-corrected chi connectivity index (χ3v) is 14.8. The van der Waals surface area contributed by atoms with Gasteiger partial charge in [-0.2, -0.15) is 4.98 Å². The van der Waals surface area contributed by atoms with Crippen LogP contribution in [-0.4, -0.2) is 88.7 Å². The number of para-hydroxylation sites is 1. The number of hydrogen-bond acceptors (Lipinski definition) is 11. The fourth-order valence-corrected chi connectivity index (χ4v) is 10.5. The summed E-state index contributed by atoms with van der Waals surface area (Å²) in [6.45, 7) is 4.18. The number of nitrogens with one attached hydrogen (secondary N) is 3. The van der Waals surface area contributed by atoms with Gasteiger partial charge in [-0.05, 0) is 87.8 Å². The lowest BCUT2D eigenvalue weighted by molar-refractivity contribution is -0.141. The van der Waals surface area contributed by atoms with Crippen LogP contribution in [0.25, 0.3) is 33.5 Å². The molecule has 15 nitrogen and oxygen atoms in total. The zero-order valence-corrected chi connectivity index (χ0v) is 36.0. The number of benzene rings is 2. The topological polar surface area (TPSA) is 199 Å². The summed E-state index contributed by atoms with van der Waals surface area (Å²) in [5, 5.41) is 5.88. The van der Waals surface area contributed by atoms with Gasteiger partial charge in [-0.1, -0.05) is 75.2 Å². The van der Waals surface area contributed by atoms with Crippen LogP contribution in [0.3, 0.4) is 0 Å². The van der Waals surface area contributed by atoms with Crippen molar-refractivity contribution in [3.63, 3.8) is 0 Å². The zero-order valence-electron chi connectivity index (χ0n) is 35.1. The Morgan fingerprint density at radius 1 is 0.935 bits per heavy atom. The second kappa shape index (κ2) is 17.0. The van der Waals surface area contributed by atoms with Crippen molar-refractivity contribution in [2.75, 3.05) is 6.54 Å². The fourth-order valence-electron chi connectivity index (χ4n) is 9.13. The molecule has 16 heteroatoms. The number of nitrogens with zero attached hydrogens (tertiary/aromatic N) is 3. The Kier molecular flexibility index (Phi) is 11.5. The van der Waals surface area contributed by atoms with Gasteiger partial charge in [0, 0.05) is 23.3 Å². The summed E-state index contributed by atoms with van der Waals surface area (Å²) in [5.74, 6) is -1.49. The van der Waals surface area contributed by atoms with Gasteiger partial charge in [0.25, 0.3) is 11.8 Å². The third kappa shape index (κ3) is 8.62. The van der Waals surface area contributed by atoms with Crippen molar-refractivity contribution in [3.8, 4) is 17.3 Å². The number of sulfonamides is 1. The molecule has 0 bridgehead atoms. The van der Waals surface area contributed by atoms with Gasteiger partial charge in [0.05, 0.1) is 11.8 Å². The van der Waals surface area contributed by atoms with E-state index < -0.39 is 68.7 Å². The van der Waals surface area contributed by atoms with Crippen molar-refractivity contribution in [2.24, 2.45) is 5.92 Å². The average molecular weight is 867 g/mol. The summed E-state index contributed by atoms with van der Waals surface area (Å²) < 4.78 is 46.9. The van der Waals surface area contributed by atoms with Gasteiger partial charge >= 0.3 is 6.09 Å². The maximum absolute atomic E-state index is 14.8. The molecule has 4 aromatic rings. The number of allylic oxidation sites excluding steroid dienone is 1. The summed E-state index contributed by atoms with van der Waals surface area (Å²) in [7, 11) is -3.92. The van der Waals surface area contributed by atoms with E-state index in [1.54, 1.807) is 0 Å². The van der Waals surface area contributed by atoms with Gasteiger partial charge in [-0.15, -0.1) is 0 Å². The van der Waals surface area contributed by atoms with Crippen molar-refractivity contribution >= 4 is 55.9 Å². The van der Waals surface area contributed by atoms with Gasteiger partial charge in [0.15, 0.2) is 5.82 Å². The van der Waals surface area contributed by atoms with Crippen LogP contribution in [0.4, 0.5) is 4.79 Å². The first-order valence-corrected chi connectivity index (χ1v) is 23.7. The van der Waals surface area contributed by atoms with Gasteiger partial charge < -0.3 is 29.4 Å². The summed E-state index contributed by atoms with van der Waals surface area (Å²) in [6.07, 6.45) is 9.91. The minimum absolute atomic E-state index is 0.000461. The summed E-state index contributed by atoms with van der Waals surface area (Å²) in [4.78, 5) is 67.9. The second-order valence-electron chi connectivity index (χ2n) is 17.9. The van der Waals surface area contributed by atoms with E-state index in [4.69, 9.17) is 23.9 Å². The maximum atomic E-state index is 14.8. The van der Waals surface area contributed by atoms with E-state index in [-0.39, 0.29) is 31.4 Å². The van der Waals surface area contributed by atoms with E-state index in [0.29, 0.717) is 60.5 Å². The van der Waals surface area contributed by atoms with Crippen LogP contribution in [0.5, 0.6) is 5.88 Å². The first-order chi connectivity index (χ1) is 29.9. The molecular formula is C46H54N6O9S. The predicted molar refractivity (Wildman–Crippen MR) is 230 cm³/mol. The number of hydrogen-bond donors (Lipinski definition) is 3. The van der Waals surface area contributed by atoms with Gasteiger partial charge in [-0.25, -0.2) is 18.2 Å². The lowest BCUT2D eigenvalue weighted by Gasteiger charge is -2.30. The molecule has 5 aliphatic rings. The smallest absolute Gasteiger partial charge is 0.408 e. The molecule has 3 aliphatic carbocycles. The Morgan fingerprint density at radius 2 is 1.69 bits per heavy atom. The molecule has 1 saturated heterocycles. The summed E-state index contributed by atoms with van der Waals surface area (Å²) in [6, 6.07) is 13.3. The molecule has 0 spiro atoms. The minimum atomic E-state index is -3.92. The van der Waals surface area contributed by atoms with Gasteiger partial charge in [0.1, 0.15) is 40.9 Å². The fraction of sp³-hybridized carbons (Fsp3) is 0.522. The van der Waals surface area contributed by atoms with E-state index in [9.17, 15) is 27.6 Å². The highest BCUT2D eigenvalue weighted by molar-refractivity contribution is 7.91. The lowest BCUT2D eigenvalue weighted by atomic mass is 10.0. The van der Waals surface area contributed by atoms with Crippen molar-refractivity contribution in [3.05, 3.63) is 66.2 Å².